The molecule has 11 heteroatoms. The molecule has 4 aromatic rings. The normalized spacial score (nSPS) is 13.7. The maximum Gasteiger partial charge on any atom is 0.586 e. The first-order chi connectivity index (χ1) is 16.3. The number of alkyl halides is 2. The minimum absolute atomic E-state index is 0.0960. The fourth-order valence-corrected chi connectivity index (χ4v) is 4.16. The zero-order valence-electron chi connectivity index (χ0n) is 17.6. The lowest BCUT2D eigenvalue weighted by atomic mass is 10.2. The summed E-state index contributed by atoms with van der Waals surface area (Å²) in [7, 11) is 0. The summed E-state index contributed by atoms with van der Waals surface area (Å²) < 4.78 is 36.5. The van der Waals surface area contributed by atoms with Gasteiger partial charge in [0.1, 0.15) is 5.82 Å². The maximum atomic E-state index is 13.2. The molecule has 0 saturated carbocycles. The number of hydrogen-bond acceptors (Lipinski definition) is 7. The van der Waals surface area contributed by atoms with E-state index < -0.39 is 12.2 Å². The smallest absolute Gasteiger partial charge is 0.395 e. The van der Waals surface area contributed by atoms with Gasteiger partial charge in [-0.05, 0) is 42.8 Å². The van der Waals surface area contributed by atoms with E-state index in [0.717, 1.165) is 17.3 Å². The second kappa shape index (κ2) is 8.41. The number of aromatic nitrogens is 3. The Bertz CT molecular complexity index is 1470. The number of aryl methyl sites for hydroxylation is 1. The third-order valence-corrected chi connectivity index (χ3v) is 5.83. The van der Waals surface area contributed by atoms with E-state index in [1.807, 2.05) is 13.0 Å². The Morgan fingerprint density at radius 3 is 2.71 bits per heavy atom. The molecule has 3 heterocycles. The number of carbonyl (C=O) groups is 1. The summed E-state index contributed by atoms with van der Waals surface area (Å²) in [5, 5.41) is 3.34. The molecular weight excluding hydrogens is 466 g/mol. The number of pyridine rings is 1. The summed E-state index contributed by atoms with van der Waals surface area (Å²) in [6, 6.07) is 14.4. The molecule has 0 aliphatic carbocycles. The van der Waals surface area contributed by atoms with Gasteiger partial charge in [0.2, 0.25) is 5.91 Å². The van der Waals surface area contributed by atoms with Crippen LogP contribution in [0.3, 0.4) is 0 Å². The molecule has 0 radical (unpaired) electrons. The molecule has 8 nitrogen and oxygen atoms in total. The fourth-order valence-electron chi connectivity index (χ4n) is 3.36. The number of anilines is 1. The van der Waals surface area contributed by atoms with Crippen molar-refractivity contribution in [2.75, 3.05) is 11.1 Å². The predicted molar refractivity (Wildman–Crippen MR) is 122 cm³/mol. The van der Waals surface area contributed by atoms with Crippen LogP contribution in [0.5, 0.6) is 11.5 Å². The molecule has 0 unspecified atom stereocenters. The maximum absolute atomic E-state index is 13.2. The quantitative estimate of drug-likeness (QED) is 0.337. The zero-order valence-corrected chi connectivity index (χ0v) is 18.4. The highest BCUT2D eigenvalue weighted by Crippen LogP contribution is 2.42. The third kappa shape index (κ3) is 4.29. The first-order valence-electron chi connectivity index (χ1n) is 10.1. The van der Waals surface area contributed by atoms with Gasteiger partial charge in [-0.2, -0.15) is 0 Å². The van der Waals surface area contributed by atoms with Crippen molar-refractivity contribution >= 4 is 34.3 Å². The minimum Gasteiger partial charge on any atom is -0.395 e. The van der Waals surface area contributed by atoms with Crippen molar-refractivity contribution in [1.29, 1.82) is 0 Å². The van der Waals surface area contributed by atoms with Crippen LogP contribution in [0, 0.1) is 6.92 Å². The summed E-state index contributed by atoms with van der Waals surface area (Å²) in [4.78, 5) is 34.7. The van der Waals surface area contributed by atoms with E-state index >= 15 is 0 Å². The Morgan fingerprint density at radius 1 is 1.12 bits per heavy atom. The van der Waals surface area contributed by atoms with E-state index in [2.05, 4.69) is 24.8 Å². The van der Waals surface area contributed by atoms with Gasteiger partial charge in [0.05, 0.1) is 16.7 Å². The van der Waals surface area contributed by atoms with Crippen LogP contribution in [0.1, 0.15) is 5.56 Å². The molecule has 1 amide bonds. The monoisotopic (exact) mass is 482 g/mol. The number of halogens is 2. The summed E-state index contributed by atoms with van der Waals surface area (Å²) in [6.07, 6.45) is -2.10. The van der Waals surface area contributed by atoms with Crippen LogP contribution in [0.2, 0.25) is 0 Å². The van der Waals surface area contributed by atoms with E-state index in [9.17, 15) is 18.4 Å². The van der Waals surface area contributed by atoms with Gasteiger partial charge in [-0.25, -0.2) is 14.5 Å². The van der Waals surface area contributed by atoms with Gasteiger partial charge >= 0.3 is 6.29 Å². The Morgan fingerprint density at radius 2 is 1.91 bits per heavy atom. The van der Waals surface area contributed by atoms with Crippen LogP contribution < -0.4 is 20.3 Å². The number of fused-ring (bicyclic) bond motifs is 2. The molecule has 34 heavy (non-hydrogen) atoms. The Labute approximate surface area is 195 Å². The van der Waals surface area contributed by atoms with Crippen molar-refractivity contribution < 1.29 is 23.0 Å². The van der Waals surface area contributed by atoms with Crippen LogP contribution in [0.15, 0.2) is 70.7 Å². The first kappa shape index (κ1) is 21.8. The lowest BCUT2D eigenvalue weighted by molar-refractivity contribution is -0.286. The van der Waals surface area contributed by atoms with Gasteiger partial charge in [0, 0.05) is 18.0 Å². The molecular formula is C23H16F2N4O4S. The van der Waals surface area contributed by atoms with Gasteiger partial charge in [0.15, 0.2) is 16.7 Å². The highest BCUT2D eigenvalue weighted by Gasteiger charge is 2.43. The molecule has 2 aromatic heterocycles. The van der Waals surface area contributed by atoms with E-state index in [4.69, 9.17) is 0 Å². The molecule has 0 fully saturated rings. The number of thioether (sulfide) groups is 1. The average Bonchev–Trinajstić information content (AvgIpc) is 3.12. The van der Waals surface area contributed by atoms with E-state index in [-0.39, 0.29) is 28.5 Å². The summed E-state index contributed by atoms with van der Waals surface area (Å²) in [5.74, 6) is -0.436. The zero-order chi connectivity index (χ0) is 23.9. The summed E-state index contributed by atoms with van der Waals surface area (Å²) >= 11 is 1.05. The fraction of sp³-hybridized carbons (Fsp3) is 0.130. The lowest BCUT2D eigenvalue weighted by Gasteiger charge is -2.12. The highest BCUT2D eigenvalue weighted by atomic mass is 32.2. The van der Waals surface area contributed by atoms with Crippen molar-refractivity contribution in [2.24, 2.45) is 0 Å². The Balaban J connectivity index is 1.40. The van der Waals surface area contributed by atoms with Gasteiger partial charge in [0.25, 0.3) is 5.56 Å². The molecule has 172 valence electrons. The molecule has 0 spiro atoms. The van der Waals surface area contributed by atoms with Crippen molar-refractivity contribution in [2.45, 2.75) is 18.4 Å². The molecule has 5 rings (SSSR count). The molecule has 0 bridgehead atoms. The molecule has 2 aromatic carbocycles. The number of nitrogens with zero attached hydrogens (tertiary/aromatic N) is 3. The predicted octanol–water partition coefficient (Wildman–Crippen LogP) is 4.14. The van der Waals surface area contributed by atoms with Crippen LogP contribution >= 0.6 is 11.8 Å². The lowest BCUT2D eigenvalue weighted by Crippen LogP contribution is -2.25. The van der Waals surface area contributed by atoms with Crippen molar-refractivity contribution in [3.8, 4) is 17.3 Å². The number of amides is 1. The summed E-state index contributed by atoms with van der Waals surface area (Å²) in [5.41, 5.74) is 1.38. The number of nitrogens with one attached hydrogen (secondary N) is 1. The van der Waals surface area contributed by atoms with Crippen molar-refractivity contribution in [1.82, 2.24) is 14.5 Å². The van der Waals surface area contributed by atoms with Crippen molar-refractivity contribution in [3.63, 3.8) is 0 Å². The number of benzene rings is 2. The second-order valence-corrected chi connectivity index (χ2v) is 8.35. The molecule has 0 saturated heterocycles. The molecule has 0 atom stereocenters. The summed E-state index contributed by atoms with van der Waals surface area (Å²) in [6.45, 7) is 1.88. The number of ether oxygens (including phenoxy) is 2. The topological polar surface area (TPSA) is 95.3 Å². The number of carbonyl (C=O) groups excluding carboxylic acids is 1. The van der Waals surface area contributed by atoms with E-state index in [1.54, 1.807) is 36.5 Å². The first-order valence-corrected chi connectivity index (χ1v) is 11.0. The highest BCUT2D eigenvalue weighted by molar-refractivity contribution is 7.99. The van der Waals surface area contributed by atoms with Gasteiger partial charge in [-0.3, -0.25) is 9.59 Å². The standard InChI is InChI=1S/C23H16F2N4O4S/c1-13-6-9-19(26-11-13)29-21(31)15-4-2-3-5-16(15)28-22(29)34-12-20(30)27-14-7-8-17-18(10-14)33-23(24,25)32-17/h2-11H,12H2,1H3,(H,27,30). The number of para-hydroxylation sites is 1. The van der Waals surface area contributed by atoms with Gasteiger partial charge in [-0.15, -0.1) is 8.78 Å². The largest absolute Gasteiger partial charge is 0.586 e. The van der Waals surface area contributed by atoms with E-state index in [1.165, 1.54) is 22.8 Å². The van der Waals surface area contributed by atoms with Crippen molar-refractivity contribution in [3.05, 3.63) is 76.7 Å². The number of hydrogen-bond donors (Lipinski definition) is 1. The second-order valence-electron chi connectivity index (χ2n) is 7.41. The Kier molecular flexibility index (Phi) is 5.40. The van der Waals surface area contributed by atoms with Crippen LogP contribution in [-0.4, -0.2) is 32.5 Å². The van der Waals surface area contributed by atoms with Gasteiger partial charge in [-0.1, -0.05) is 30.0 Å². The van der Waals surface area contributed by atoms with Gasteiger partial charge < -0.3 is 14.8 Å². The van der Waals surface area contributed by atoms with Crippen LogP contribution in [0.4, 0.5) is 14.5 Å². The van der Waals surface area contributed by atoms with E-state index in [0.29, 0.717) is 21.9 Å². The Hall–Kier alpha value is -3.99. The molecule has 1 N–H and O–H groups in total. The van der Waals surface area contributed by atoms with Crippen LogP contribution in [0.25, 0.3) is 16.7 Å². The molecule has 1 aliphatic heterocycles. The third-order valence-electron chi connectivity index (χ3n) is 4.89. The average molecular weight is 482 g/mol. The minimum atomic E-state index is -3.74. The molecule has 1 aliphatic rings. The SMILES string of the molecule is Cc1ccc(-n2c(SCC(=O)Nc3ccc4c(c3)OC(F)(F)O4)nc3ccccc3c2=O)nc1. The van der Waals surface area contributed by atoms with Crippen LogP contribution in [-0.2, 0) is 4.79 Å². The number of rotatable bonds is 5.